The van der Waals surface area contributed by atoms with Crippen LogP contribution in [0.4, 0.5) is 10.7 Å². The molecule has 180 valence electrons. The summed E-state index contributed by atoms with van der Waals surface area (Å²) in [5.41, 5.74) is 2.19. The van der Waals surface area contributed by atoms with Crippen LogP contribution in [0.1, 0.15) is 50.1 Å². The van der Waals surface area contributed by atoms with E-state index in [0.717, 1.165) is 29.7 Å². The van der Waals surface area contributed by atoms with E-state index >= 15 is 0 Å². The third kappa shape index (κ3) is 5.21. The van der Waals surface area contributed by atoms with Gasteiger partial charge in [0.2, 0.25) is 0 Å². The van der Waals surface area contributed by atoms with Crippen LogP contribution in [0.2, 0.25) is 0 Å². The zero-order chi connectivity index (χ0) is 25.2. The molecule has 0 radical (unpaired) electrons. The fraction of sp³-hybridized carbons (Fsp3) is 0.240. The summed E-state index contributed by atoms with van der Waals surface area (Å²) in [6, 6.07) is 13.7. The van der Waals surface area contributed by atoms with Crippen LogP contribution in [0.3, 0.4) is 0 Å². The summed E-state index contributed by atoms with van der Waals surface area (Å²) in [6.07, 6.45) is 2.69. The van der Waals surface area contributed by atoms with E-state index in [2.05, 4.69) is 27.8 Å². The molecule has 2 N–H and O–H groups in total. The number of nitrogens with zero attached hydrogens (tertiary/aromatic N) is 1. The first-order valence-electron chi connectivity index (χ1n) is 10.9. The number of fused-ring (bicyclic) bond motifs is 1. The lowest BCUT2D eigenvalue weighted by Gasteiger charge is -2.17. The second kappa shape index (κ2) is 9.90. The molecule has 10 heteroatoms. The molecule has 2 aromatic carbocycles. The molecule has 1 atom stereocenters. The number of carbonyl (C=O) groups excluding carboxylic acids is 2. The molecule has 35 heavy (non-hydrogen) atoms. The summed E-state index contributed by atoms with van der Waals surface area (Å²) in [4.78, 5) is 25.5. The van der Waals surface area contributed by atoms with Gasteiger partial charge in [0.1, 0.15) is 11.1 Å². The third-order valence-corrected chi connectivity index (χ3v) is 8.36. The van der Waals surface area contributed by atoms with E-state index in [1.807, 2.05) is 0 Å². The standard InChI is InChI=1S/C25H23N3O5S2/c1-15-6-11-20-21(14-26)24(34-22(20)12-15)27-23(29)17-4-3-5-19(13-17)35(31,32)28-18-9-7-16(8-10-18)25(30)33-2/h3-5,7-10,13,15,28H,6,11-12H2,1-2H3,(H,27,29)/t15-/m1/s1. The number of nitriles is 1. The lowest BCUT2D eigenvalue weighted by molar-refractivity contribution is 0.0600. The Morgan fingerprint density at radius 1 is 1.14 bits per heavy atom. The Kier molecular flexibility index (Phi) is 6.91. The van der Waals surface area contributed by atoms with Crippen LogP contribution in [0.15, 0.2) is 53.4 Å². The Hall–Kier alpha value is -3.68. The summed E-state index contributed by atoms with van der Waals surface area (Å²) >= 11 is 1.41. The van der Waals surface area contributed by atoms with Gasteiger partial charge in [-0.1, -0.05) is 13.0 Å². The van der Waals surface area contributed by atoms with Crippen LogP contribution in [-0.2, 0) is 27.6 Å². The monoisotopic (exact) mass is 509 g/mol. The van der Waals surface area contributed by atoms with Crippen molar-refractivity contribution in [1.29, 1.82) is 5.26 Å². The van der Waals surface area contributed by atoms with Crippen LogP contribution in [0, 0.1) is 17.2 Å². The van der Waals surface area contributed by atoms with Gasteiger partial charge >= 0.3 is 5.97 Å². The number of thiophene rings is 1. The predicted molar refractivity (Wildman–Crippen MR) is 133 cm³/mol. The minimum Gasteiger partial charge on any atom is -0.465 e. The van der Waals surface area contributed by atoms with E-state index in [0.29, 0.717) is 16.5 Å². The van der Waals surface area contributed by atoms with Gasteiger partial charge in [-0.15, -0.1) is 11.3 Å². The quantitative estimate of drug-likeness (QED) is 0.469. The van der Waals surface area contributed by atoms with Crippen LogP contribution < -0.4 is 10.0 Å². The van der Waals surface area contributed by atoms with Gasteiger partial charge in [-0.2, -0.15) is 5.26 Å². The molecule has 0 saturated carbocycles. The summed E-state index contributed by atoms with van der Waals surface area (Å²) in [5, 5.41) is 13.0. The molecule has 8 nitrogen and oxygen atoms in total. The van der Waals surface area contributed by atoms with Gasteiger partial charge < -0.3 is 10.1 Å². The molecule has 0 spiro atoms. The predicted octanol–water partition coefficient (Wildman–Crippen LogP) is 4.58. The maximum Gasteiger partial charge on any atom is 0.337 e. The number of nitrogens with one attached hydrogen (secondary N) is 2. The van der Waals surface area contributed by atoms with Crippen molar-refractivity contribution in [2.24, 2.45) is 5.92 Å². The van der Waals surface area contributed by atoms with Gasteiger partial charge in [0.25, 0.3) is 15.9 Å². The highest BCUT2D eigenvalue weighted by atomic mass is 32.2. The average Bonchev–Trinajstić information content (AvgIpc) is 3.19. The third-order valence-electron chi connectivity index (χ3n) is 5.82. The molecule has 0 aliphatic heterocycles. The summed E-state index contributed by atoms with van der Waals surface area (Å²) in [7, 11) is -2.74. The number of rotatable bonds is 6. The molecule has 0 saturated heterocycles. The van der Waals surface area contributed by atoms with E-state index in [-0.39, 0.29) is 21.7 Å². The Balaban J connectivity index is 1.53. The fourth-order valence-corrected chi connectivity index (χ4v) is 6.40. The second-order valence-electron chi connectivity index (χ2n) is 8.32. The molecule has 0 unspecified atom stereocenters. The normalized spacial score (nSPS) is 14.9. The minimum atomic E-state index is -4.00. The maximum atomic E-state index is 13.0. The van der Waals surface area contributed by atoms with Crippen LogP contribution in [0.25, 0.3) is 0 Å². The molecule has 1 aliphatic rings. The van der Waals surface area contributed by atoms with Crippen LogP contribution in [0.5, 0.6) is 0 Å². The number of methoxy groups -OCH3 is 1. The van der Waals surface area contributed by atoms with Crippen molar-refractivity contribution >= 4 is 43.9 Å². The molecule has 3 aromatic rings. The number of sulfonamides is 1. The van der Waals surface area contributed by atoms with Gasteiger partial charge in [0.15, 0.2) is 0 Å². The SMILES string of the molecule is COC(=O)c1ccc(NS(=O)(=O)c2cccc(C(=O)Nc3sc4c(c3C#N)CC[C@@H](C)C4)c2)cc1. The molecule has 1 aromatic heterocycles. The first-order chi connectivity index (χ1) is 16.7. The maximum absolute atomic E-state index is 13.0. The number of amides is 1. The zero-order valence-corrected chi connectivity index (χ0v) is 20.8. The van der Waals surface area contributed by atoms with Gasteiger partial charge in [0, 0.05) is 16.1 Å². The number of esters is 1. The van der Waals surface area contributed by atoms with Crippen molar-refractivity contribution in [3.8, 4) is 6.07 Å². The first-order valence-corrected chi connectivity index (χ1v) is 13.2. The zero-order valence-electron chi connectivity index (χ0n) is 19.1. The Morgan fingerprint density at radius 3 is 2.57 bits per heavy atom. The van der Waals surface area contributed by atoms with Crippen LogP contribution in [-0.4, -0.2) is 27.4 Å². The molecule has 0 bridgehead atoms. The lowest BCUT2D eigenvalue weighted by Crippen LogP contribution is -2.16. The number of hydrogen-bond donors (Lipinski definition) is 2. The molecule has 1 aliphatic carbocycles. The molecule has 0 fully saturated rings. The second-order valence-corrected chi connectivity index (χ2v) is 11.1. The molecule has 4 rings (SSSR count). The van der Waals surface area contributed by atoms with Crippen LogP contribution >= 0.6 is 11.3 Å². The van der Waals surface area contributed by atoms with Gasteiger partial charge in [-0.05, 0) is 73.2 Å². The number of benzene rings is 2. The number of hydrogen-bond acceptors (Lipinski definition) is 7. The highest BCUT2D eigenvalue weighted by molar-refractivity contribution is 7.92. The summed E-state index contributed by atoms with van der Waals surface area (Å²) < 4.78 is 32.9. The molecular weight excluding hydrogens is 486 g/mol. The highest BCUT2D eigenvalue weighted by Crippen LogP contribution is 2.39. The molecule has 1 amide bonds. The van der Waals surface area contributed by atoms with E-state index in [1.165, 1.54) is 67.0 Å². The fourth-order valence-electron chi connectivity index (χ4n) is 3.94. The summed E-state index contributed by atoms with van der Waals surface area (Å²) in [5.74, 6) is -0.492. The van der Waals surface area contributed by atoms with Crippen molar-refractivity contribution < 1.29 is 22.7 Å². The van der Waals surface area contributed by atoms with Gasteiger partial charge in [0.05, 0.1) is 23.1 Å². The average molecular weight is 510 g/mol. The van der Waals surface area contributed by atoms with Crippen molar-refractivity contribution in [1.82, 2.24) is 0 Å². The van der Waals surface area contributed by atoms with Gasteiger partial charge in [-0.3, -0.25) is 9.52 Å². The number of carbonyl (C=O) groups is 2. The molecular formula is C25H23N3O5S2. The van der Waals surface area contributed by atoms with Crippen molar-refractivity contribution in [2.45, 2.75) is 31.1 Å². The Morgan fingerprint density at radius 2 is 1.89 bits per heavy atom. The Bertz CT molecular complexity index is 1440. The van der Waals surface area contributed by atoms with E-state index < -0.39 is 21.9 Å². The Labute approximate surface area is 207 Å². The highest BCUT2D eigenvalue weighted by Gasteiger charge is 2.25. The number of ether oxygens (including phenoxy) is 1. The van der Waals surface area contributed by atoms with Crippen molar-refractivity contribution in [3.05, 3.63) is 75.7 Å². The largest absolute Gasteiger partial charge is 0.465 e. The lowest BCUT2D eigenvalue weighted by atomic mass is 9.88. The van der Waals surface area contributed by atoms with E-state index in [1.54, 1.807) is 0 Å². The van der Waals surface area contributed by atoms with E-state index in [9.17, 15) is 23.3 Å². The van der Waals surface area contributed by atoms with Gasteiger partial charge in [-0.25, -0.2) is 13.2 Å². The van der Waals surface area contributed by atoms with E-state index in [4.69, 9.17) is 0 Å². The van der Waals surface area contributed by atoms with Crippen molar-refractivity contribution in [2.75, 3.05) is 17.1 Å². The smallest absolute Gasteiger partial charge is 0.337 e. The molecule has 1 heterocycles. The summed E-state index contributed by atoms with van der Waals surface area (Å²) in [6.45, 7) is 2.17. The topological polar surface area (TPSA) is 125 Å². The minimum absolute atomic E-state index is 0.0954. The number of anilines is 2. The first kappa shape index (κ1) is 24.4. The van der Waals surface area contributed by atoms with Crippen molar-refractivity contribution in [3.63, 3.8) is 0 Å².